The molecule has 0 heterocycles. The summed E-state index contributed by atoms with van der Waals surface area (Å²) in [5, 5.41) is 10.4. The van der Waals surface area contributed by atoms with Gasteiger partial charge in [-0.1, -0.05) is 44.0 Å². The number of hydrogen-bond acceptors (Lipinski definition) is 1. The Morgan fingerprint density at radius 2 is 1.94 bits per heavy atom. The fourth-order valence-corrected chi connectivity index (χ4v) is 2.07. The summed E-state index contributed by atoms with van der Waals surface area (Å²) in [7, 11) is 0. The van der Waals surface area contributed by atoms with Crippen LogP contribution in [0.25, 0.3) is 0 Å². The lowest BCUT2D eigenvalue weighted by atomic mass is 9.77. The zero-order chi connectivity index (χ0) is 13.2. The van der Waals surface area contributed by atoms with Crippen LogP contribution in [0.5, 0.6) is 0 Å². The van der Waals surface area contributed by atoms with Gasteiger partial charge in [0.2, 0.25) is 0 Å². The normalized spacial score (nSPS) is 13.5. The van der Waals surface area contributed by atoms with Gasteiger partial charge in [-0.05, 0) is 35.6 Å². The standard InChI is InChI=1S/C13H16Cl2O2/c1-13(2,3)10(12(16)17)7-8-6-9(14)4-5-11(8)15/h4-6,10H,7H2,1-3H3,(H,16,17). The van der Waals surface area contributed by atoms with Crippen LogP contribution in [0.3, 0.4) is 0 Å². The first kappa shape index (κ1) is 14.3. The van der Waals surface area contributed by atoms with Crippen LogP contribution in [0.2, 0.25) is 10.0 Å². The minimum Gasteiger partial charge on any atom is -0.481 e. The molecular formula is C13H16Cl2O2. The zero-order valence-electron chi connectivity index (χ0n) is 10.1. The average Bonchev–Trinajstić information content (AvgIpc) is 2.17. The highest BCUT2D eigenvalue weighted by molar-refractivity contribution is 6.33. The molecule has 1 N–H and O–H groups in total. The molecule has 0 fully saturated rings. The molecule has 1 atom stereocenters. The first-order chi connectivity index (χ1) is 7.71. The predicted molar refractivity (Wildman–Crippen MR) is 70.7 cm³/mol. The smallest absolute Gasteiger partial charge is 0.307 e. The molecule has 1 aromatic rings. The Morgan fingerprint density at radius 1 is 1.35 bits per heavy atom. The first-order valence-corrected chi connectivity index (χ1v) is 6.14. The third-order valence-corrected chi connectivity index (χ3v) is 3.38. The molecule has 0 aliphatic rings. The SMILES string of the molecule is CC(C)(C)C(Cc1cc(Cl)ccc1Cl)C(=O)O. The van der Waals surface area contributed by atoms with Crippen LogP contribution in [0.4, 0.5) is 0 Å². The topological polar surface area (TPSA) is 37.3 Å². The molecular weight excluding hydrogens is 259 g/mol. The molecule has 0 amide bonds. The van der Waals surface area contributed by atoms with E-state index in [1.165, 1.54) is 0 Å². The minimum absolute atomic E-state index is 0.322. The predicted octanol–water partition coefficient (Wildman–Crippen LogP) is 4.28. The van der Waals surface area contributed by atoms with E-state index in [-0.39, 0.29) is 5.41 Å². The lowest BCUT2D eigenvalue weighted by molar-refractivity contribution is -0.145. The number of rotatable bonds is 3. The molecule has 1 aromatic carbocycles. The fraction of sp³-hybridized carbons (Fsp3) is 0.462. The summed E-state index contributed by atoms with van der Waals surface area (Å²) < 4.78 is 0. The molecule has 1 unspecified atom stereocenters. The van der Waals surface area contributed by atoms with Crippen molar-refractivity contribution in [3.8, 4) is 0 Å². The number of hydrogen-bond donors (Lipinski definition) is 1. The maximum atomic E-state index is 11.3. The van der Waals surface area contributed by atoms with Gasteiger partial charge in [0.1, 0.15) is 0 Å². The number of aliphatic carboxylic acids is 1. The Bertz CT molecular complexity index is 422. The Balaban J connectivity index is 3.02. The Morgan fingerprint density at radius 3 is 2.41 bits per heavy atom. The van der Waals surface area contributed by atoms with Crippen LogP contribution in [0, 0.1) is 11.3 Å². The van der Waals surface area contributed by atoms with E-state index in [0.717, 1.165) is 5.56 Å². The molecule has 0 saturated heterocycles. The van der Waals surface area contributed by atoms with Gasteiger partial charge in [0.15, 0.2) is 0 Å². The number of halogens is 2. The first-order valence-electron chi connectivity index (χ1n) is 5.38. The van der Waals surface area contributed by atoms with Gasteiger partial charge in [0.25, 0.3) is 0 Å². The number of benzene rings is 1. The summed E-state index contributed by atoms with van der Waals surface area (Å²) in [5.41, 5.74) is 0.457. The zero-order valence-corrected chi connectivity index (χ0v) is 11.6. The van der Waals surface area contributed by atoms with Crippen LogP contribution in [-0.4, -0.2) is 11.1 Å². The summed E-state index contributed by atoms with van der Waals surface area (Å²) >= 11 is 11.9. The van der Waals surface area contributed by atoms with Crippen molar-refractivity contribution in [3.05, 3.63) is 33.8 Å². The van der Waals surface area contributed by atoms with Crippen molar-refractivity contribution in [2.24, 2.45) is 11.3 Å². The molecule has 0 aromatic heterocycles. The van der Waals surface area contributed by atoms with Gasteiger partial charge in [0, 0.05) is 10.0 Å². The summed E-state index contributed by atoms with van der Waals surface area (Å²) in [6, 6.07) is 5.12. The molecule has 0 saturated carbocycles. The molecule has 17 heavy (non-hydrogen) atoms. The highest BCUT2D eigenvalue weighted by atomic mass is 35.5. The van der Waals surface area contributed by atoms with E-state index in [4.69, 9.17) is 23.2 Å². The maximum Gasteiger partial charge on any atom is 0.307 e. The summed E-state index contributed by atoms with van der Waals surface area (Å²) in [4.78, 5) is 11.3. The molecule has 1 rings (SSSR count). The van der Waals surface area contributed by atoms with Crippen LogP contribution in [-0.2, 0) is 11.2 Å². The van der Waals surface area contributed by atoms with E-state index in [1.807, 2.05) is 20.8 Å². The van der Waals surface area contributed by atoms with E-state index in [2.05, 4.69) is 0 Å². The Kier molecular flexibility index (Phi) is 4.45. The van der Waals surface area contributed by atoms with Crippen molar-refractivity contribution in [1.82, 2.24) is 0 Å². The molecule has 0 spiro atoms. The number of carboxylic acid groups (broad SMARTS) is 1. The minimum atomic E-state index is -0.812. The molecule has 0 aliphatic carbocycles. The monoisotopic (exact) mass is 274 g/mol. The third kappa shape index (κ3) is 3.90. The van der Waals surface area contributed by atoms with Gasteiger partial charge in [-0.25, -0.2) is 0 Å². The lowest BCUT2D eigenvalue weighted by Crippen LogP contribution is -2.30. The number of carbonyl (C=O) groups is 1. The second-order valence-corrected chi connectivity index (χ2v) is 6.04. The highest BCUT2D eigenvalue weighted by Gasteiger charge is 2.31. The largest absolute Gasteiger partial charge is 0.481 e. The van der Waals surface area contributed by atoms with Gasteiger partial charge in [-0.15, -0.1) is 0 Å². The van der Waals surface area contributed by atoms with E-state index in [0.29, 0.717) is 16.5 Å². The highest BCUT2D eigenvalue weighted by Crippen LogP contribution is 2.32. The quantitative estimate of drug-likeness (QED) is 0.893. The van der Waals surface area contributed by atoms with Crippen molar-refractivity contribution in [2.75, 3.05) is 0 Å². The van der Waals surface area contributed by atoms with E-state index >= 15 is 0 Å². The van der Waals surface area contributed by atoms with E-state index < -0.39 is 11.9 Å². The van der Waals surface area contributed by atoms with Crippen LogP contribution >= 0.6 is 23.2 Å². The van der Waals surface area contributed by atoms with E-state index in [1.54, 1.807) is 18.2 Å². The summed E-state index contributed by atoms with van der Waals surface area (Å²) in [5.74, 6) is -1.30. The fourth-order valence-electron chi connectivity index (χ4n) is 1.68. The molecule has 0 aliphatic heterocycles. The Labute approximate surface area is 112 Å². The van der Waals surface area contributed by atoms with Crippen molar-refractivity contribution < 1.29 is 9.90 Å². The van der Waals surface area contributed by atoms with Crippen LogP contribution in [0.15, 0.2) is 18.2 Å². The number of carboxylic acids is 1. The lowest BCUT2D eigenvalue weighted by Gasteiger charge is -2.27. The molecule has 94 valence electrons. The van der Waals surface area contributed by atoms with Crippen LogP contribution < -0.4 is 0 Å². The summed E-state index contributed by atoms with van der Waals surface area (Å²) in [6.07, 6.45) is 0.387. The van der Waals surface area contributed by atoms with Crippen molar-refractivity contribution in [1.29, 1.82) is 0 Å². The van der Waals surface area contributed by atoms with Gasteiger partial charge in [0.05, 0.1) is 5.92 Å². The molecule has 4 heteroatoms. The van der Waals surface area contributed by atoms with Gasteiger partial charge >= 0.3 is 5.97 Å². The van der Waals surface area contributed by atoms with Crippen molar-refractivity contribution in [2.45, 2.75) is 27.2 Å². The molecule has 0 radical (unpaired) electrons. The van der Waals surface area contributed by atoms with Crippen molar-refractivity contribution in [3.63, 3.8) is 0 Å². The van der Waals surface area contributed by atoms with Crippen molar-refractivity contribution >= 4 is 29.2 Å². The Hall–Kier alpha value is -0.730. The maximum absolute atomic E-state index is 11.3. The van der Waals surface area contributed by atoms with Gasteiger partial charge in [-0.2, -0.15) is 0 Å². The van der Waals surface area contributed by atoms with E-state index in [9.17, 15) is 9.90 Å². The second kappa shape index (κ2) is 5.28. The summed E-state index contributed by atoms with van der Waals surface area (Å²) in [6.45, 7) is 5.72. The third-order valence-electron chi connectivity index (χ3n) is 2.78. The molecule has 0 bridgehead atoms. The van der Waals surface area contributed by atoms with Gasteiger partial charge < -0.3 is 5.11 Å². The van der Waals surface area contributed by atoms with Crippen LogP contribution in [0.1, 0.15) is 26.3 Å². The second-order valence-electron chi connectivity index (χ2n) is 5.20. The average molecular weight is 275 g/mol. The van der Waals surface area contributed by atoms with Gasteiger partial charge in [-0.3, -0.25) is 4.79 Å². The molecule has 2 nitrogen and oxygen atoms in total.